The van der Waals surface area contributed by atoms with Crippen molar-refractivity contribution in [2.24, 2.45) is 0 Å². The van der Waals surface area contributed by atoms with Crippen LogP contribution in [0.3, 0.4) is 0 Å². The van der Waals surface area contributed by atoms with E-state index in [9.17, 15) is 0 Å². The zero-order valence-electron chi connectivity index (χ0n) is 13.4. The van der Waals surface area contributed by atoms with E-state index in [-0.39, 0.29) is 0 Å². The molecule has 0 radical (unpaired) electrons. The molecule has 0 unspecified atom stereocenters. The highest BCUT2D eigenvalue weighted by Gasteiger charge is 1.95. The molecule has 0 aliphatic rings. The molecule has 0 aliphatic heterocycles. The van der Waals surface area contributed by atoms with E-state index >= 15 is 0 Å². The van der Waals surface area contributed by atoms with Gasteiger partial charge in [0.1, 0.15) is 12.4 Å². The van der Waals surface area contributed by atoms with E-state index in [1.807, 2.05) is 6.07 Å². The lowest BCUT2D eigenvalue weighted by atomic mass is 10.1. The summed E-state index contributed by atoms with van der Waals surface area (Å²) < 4.78 is 5.78. The third-order valence-electron chi connectivity index (χ3n) is 3.58. The van der Waals surface area contributed by atoms with Crippen LogP contribution >= 0.6 is 0 Å². The average Bonchev–Trinajstić information content (AvgIpc) is 2.47. The SMILES string of the molecule is CCC(C)=CCCC(C)=CCOc1cccc(CC)c1. The van der Waals surface area contributed by atoms with E-state index in [0.717, 1.165) is 31.4 Å². The molecule has 0 bridgehead atoms. The molecule has 1 aromatic rings. The number of rotatable bonds is 8. The Kier molecular flexibility index (Phi) is 7.79. The smallest absolute Gasteiger partial charge is 0.120 e. The van der Waals surface area contributed by atoms with Gasteiger partial charge in [0.05, 0.1) is 0 Å². The van der Waals surface area contributed by atoms with E-state index < -0.39 is 0 Å². The first-order chi connectivity index (χ1) is 9.65. The highest BCUT2D eigenvalue weighted by molar-refractivity contribution is 5.28. The van der Waals surface area contributed by atoms with Gasteiger partial charge in [-0.25, -0.2) is 0 Å². The maximum Gasteiger partial charge on any atom is 0.120 e. The van der Waals surface area contributed by atoms with Crippen LogP contribution in [-0.2, 0) is 6.42 Å². The molecule has 0 N–H and O–H groups in total. The Morgan fingerprint density at radius 3 is 2.60 bits per heavy atom. The van der Waals surface area contributed by atoms with Gasteiger partial charge in [-0.05, 0) is 63.3 Å². The maximum atomic E-state index is 5.78. The van der Waals surface area contributed by atoms with Crippen molar-refractivity contribution in [1.82, 2.24) is 0 Å². The molecule has 0 saturated carbocycles. The molecule has 0 heterocycles. The minimum Gasteiger partial charge on any atom is -0.490 e. The predicted molar refractivity (Wildman–Crippen MR) is 88.4 cm³/mol. The second kappa shape index (κ2) is 9.41. The van der Waals surface area contributed by atoms with Crippen molar-refractivity contribution in [2.75, 3.05) is 6.61 Å². The summed E-state index contributed by atoms with van der Waals surface area (Å²) in [7, 11) is 0. The van der Waals surface area contributed by atoms with Crippen LogP contribution in [0.5, 0.6) is 5.75 Å². The van der Waals surface area contributed by atoms with Crippen molar-refractivity contribution in [2.45, 2.75) is 53.4 Å². The van der Waals surface area contributed by atoms with Gasteiger partial charge in [-0.15, -0.1) is 0 Å². The molecule has 0 saturated heterocycles. The summed E-state index contributed by atoms with van der Waals surface area (Å²) in [6.45, 7) is 9.40. The first-order valence-electron chi connectivity index (χ1n) is 7.68. The molecule has 1 aromatic carbocycles. The van der Waals surface area contributed by atoms with Crippen molar-refractivity contribution < 1.29 is 4.74 Å². The van der Waals surface area contributed by atoms with Crippen LogP contribution in [0.15, 0.2) is 47.6 Å². The molecule has 1 heteroatoms. The molecule has 0 spiro atoms. The van der Waals surface area contributed by atoms with Crippen LogP contribution in [0.2, 0.25) is 0 Å². The van der Waals surface area contributed by atoms with E-state index in [2.05, 4.69) is 58.0 Å². The fourth-order valence-electron chi connectivity index (χ4n) is 1.93. The standard InChI is InChI=1S/C19H28O/c1-5-16(3)9-7-10-17(4)13-14-20-19-12-8-11-18(6-2)15-19/h8-9,11-13,15H,5-7,10,14H2,1-4H3. The maximum absolute atomic E-state index is 5.78. The Hall–Kier alpha value is -1.50. The van der Waals surface area contributed by atoms with Gasteiger partial charge < -0.3 is 4.74 Å². The number of hydrogen-bond donors (Lipinski definition) is 0. The number of hydrogen-bond acceptors (Lipinski definition) is 1. The van der Waals surface area contributed by atoms with Crippen molar-refractivity contribution >= 4 is 0 Å². The molecular weight excluding hydrogens is 244 g/mol. The van der Waals surface area contributed by atoms with Gasteiger partial charge in [-0.3, -0.25) is 0 Å². The minimum atomic E-state index is 0.662. The molecule has 20 heavy (non-hydrogen) atoms. The van der Waals surface area contributed by atoms with E-state index in [1.54, 1.807) is 0 Å². The summed E-state index contributed by atoms with van der Waals surface area (Å²) in [5.41, 5.74) is 4.20. The molecular formula is C19H28O. The molecule has 1 nitrogen and oxygen atoms in total. The molecule has 0 aromatic heterocycles. The molecule has 0 amide bonds. The van der Waals surface area contributed by atoms with Crippen LogP contribution in [-0.4, -0.2) is 6.61 Å². The average molecular weight is 272 g/mol. The number of ether oxygens (including phenoxy) is 1. The summed E-state index contributed by atoms with van der Waals surface area (Å²) in [5.74, 6) is 0.968. The van der Waals surface area contributed by atoms with Gasteiger partial charge in [0.25, 0.3) is 0 Å². The quantitative estimate of drug-likeness (QED) is 0.551. The van der Waals surface area contributed by atoms with Crippen molar-refractivity contribution in [3.63, 3.8) is 0 Å². The van der Waals surface area contributed by atoms with Gasteiger partial charge in [-0.1, -0.05) is 43.2 Å². The highest BCUT2D eigenvalue weighted by atomic mass is 16.5. The van der Waals surface area contributed by atoms with Crippen molar-refractivity contribution in [3.8, 4) is 5.75 Å². The molecule has 0 aliphatic carbocycles. The van der Waals surface area contributed by atoms with Crippen molar-refractivity contribution in [1.29, 1.82) is 0 Å². The summed E-state index contributed by atoms with van der Waals surface area (Å²) in [6, 6.07) is 8.34. The lowest BCUT2D eigenvalue weighted by Crippen LogP contribution is -1.95. The second-order valence-electron chi connectivity index (χ2n) is 5.31. The van der Waals surface area contributed by atoms with Crippen LogP contribution in [0, 0.1) is 0 Å². The summed E-state index contributed by atoms with van der Waals surface area (Å²) in [6.07, 6.45) is 8.98. The highest BCUT2D eigenvalue weighted by Crippen LogP contribution is 2.14. The van der Waals surface area contributed by atoms with Gasteiger partial charge in [0.2, 0.25) is 0 Å². The molecule has 110 valence electrons. The van der Waals surface area contributed by atoms with E-state index in [0.29, 0.717) is 6.61 Å². The Morgan fingerprint density at radius 2 is 1.90 bits per heavy atom. The second-order valence-corrected chi connectivity index (χ2v) is 5.31. The van der Waals surface area contributed by atoms with Gasteiger partial charge >= 0.3 is 0 Å². The largest absolute Gasteiger partial charge is 0.490 e. The summed E-state index contributed by atoms with van der Waals surface area (Å²) in [5, 5.41) is 0. The Labute approximate surface area is 124 Å². The van der Waals surface area contributed by atoms with E-state index in [4.69, 9.17) is 4.74 Å². The Morgan fingerprint density at radius 1 is 1.10 bits per heavy atom. The zero-order chi connectivity index (χ0) is 14.8. The van der Waals surface area contributed by atoms with Crippen LogP contribution < -0.4 is 4.74 Å². The first kappa shape index (κ1) is 16.6. The normalized spacial score (nSPS) is 12.6. The van der Waals surface area contributed by atoms with Crippen LogP contribution in [0.25, 0.3) is 0 Å². The Balaban J connectivity index is 2.35. The summed E-state index contributed by atoms with van der Waals surface area (Å²) >= 11 is 0. The number of allylic oxidation sites excluding steroid dienone is 3. The fraction of sp³-hybridized carbons (Fsp3) is 0.474. The molecule has 1 rings (SSSR count). The topological polar surface area (TPSA) is 9.23 Å². The summed E-state index contributed by atoms with van der Waals surface area (Å²) in [4.78, 5) is 0. The van der Waals surface area contributed by atoms with Gasteiger partial charge in [0.15, 0.2) is 0 Å². The lowest BCUT2D eigenvalue weighted by molar-refractivity contribution is 0.361. The number of aryl methyl sites for hydroxylation is 1. The van der Waals surface area contributed by atoms with Crippen LogP contribution in [0.4, 0.5) is 0 Å². The first-order valence-corrected chi connectivity index (χ1v) is 7.68. The van der Waals surface area contributed by atoms with Gasteiger partial charge in [-0.2, -0.15) is 0 Å². The molecule has 0 fully saturated rings. The van der Waals surface area contributed by atoms with Crippen molar-refractivity contribution in [3.05, 3.63) is 53.1 Å². The van der Waals surface area contributed by atoms with Crippen LogP contribution in [0.1, 0.15) is 52.5 Å². The lowest BCUT2D eigenvalue weighted by Gasteiger charge is -2.06. The monoisotopic (exact) mass is 272 g/mol. The molecule has 0 atom stereocenters. The van der Waals surface area contributed by atoms with Gasteiger partial charge in [0, 0.05) is 0 Å². The minimum absolute atomic E-state index is 0.662. The third kappa shape index (κ3) is 6.60. The fourth-order valence-corrected chi connectivity index (χ4v) is 1.93. The van der Waals surface area contributed by atoms with E-state index in [1.165, 1.54) is 16.7 Å². The Bertz CT molecular complexity index is 455. The third-order valence-corrected chi connectivity index (χ3v) is 3.58. The zero-order valence-corrected chi connectivity index (χ0v) is 13.4. The predicted octanol–water partition coefficient (Wildman–Crippen LogP) is 5.71. The number of benzene rings is 1.